The Morgan fingerprint density at radius 3 is 0.692 bits per heavy atom. The Kier molecular flexibility index (Phi) is 13.4. The van der Waals surface area contributed by atoms with Crippen LogP contribution in [0.1, 0.15) is 65.2 Å². The molecule has 0 atom stereocenters. The normalized spacial score (nSPS) is 11.7. The van der Waals surface area contributed by atoms with Crippen molar-refractivity contribution in [3.8, 4) is 11.5 Å². The lowest BCUT2D eigenvalue weighted by atomic mass is 10.1. The van der Waals surface area contributed by atoms with E-state index in [2.05, 4.69) is 208 Å². The molecule has 0 radical (unpaired) electrons. The Hall–Kier alpha value is -9.14. The second kappa shape index (κ2) is 21.5. The average Bonchev–Trinajstić information content (AvgIpc) is 3.54. The van der Waals surface area contributed by atoms with Gasteiger partial charge in [-0.15, -0.1) is 0 Å². The highest BCUT2D eigenvalue weighted by atomic mass is 16.5. The van der Waals surface area contributed by atoms with E-state index in [0.29, 0.717) is 13.2 Å². The lowest BCUT2D eigenvalue weighted by Crippen LogP contribution is -1.97. The summed E-state index contributed by atoms with van der Waals surface area (Å²) < 4.78 is 12.9. The van der Waals surface area contributed by atoms with Gasteiger partial charge in [-0.25, -0.2) is 29.9 Å². The summed E-state index contributed by atoms with van der Waals surface area (Å²) in [6.07, 6.45) is 9.04. The number of hydrogen-bond acceptors (Lipinski definition) is 8. The fraction of sp³-hybridized carbons (Fsp3) is 0.171. The molecular weight excluding hydrogens is 957 g/mol. The number of unbranched alkanes of at least 4 members (excludes halogenated alkanes) is 6. The van der Waals surface area contributed by atoms with Gasteiger partial charge in [0, 0.05) is 88.9 Å². The minimum atomic E-state index is 0.652. The summed E-state index contributed by atoms with van der Waals surface area (Å²) in [6, 6.07) is 67.8. The van der Waals surface area contributed by atoms with Gasteiger partial charge >= 0.3 is 0 Å². The Balaban J connectivity index is 1.02. The van der Waals surface area contributed by atoms with E-state index >= 15 is 0 Å². The Bertz CT molecular complexity index is 4040. The predicted octanol–water partition coefficient (Wildman–Crippen LogP) is 18.6. The summed E-state index contributed by atoms with van der Waals surface area (Å²) in [6.45, 7) is 5.77. The van der Waals surface area contributed by atoms with Gasteiger partial charge in [-0.1, -0.05) is 198 Å². The third kappa shape index (κ3) is 9.93. The minimum absolute atomic E-state index is 0.652. The largest absolute Gasteiger partial charge is 0.493 e. The Morgan fingerprint density at radius 2 is 0.449 bits per heavy atom. The van der Waals surface area contributed by atoms with Gasteiger partial charge in [0.25, 0.3) is 0 Å². The highest BCUT2D eigenvalue weighted by Crippen LogP contribution is 2.31. The van der Waals surface area contributed by atoms with Crippen LogP contribution < -0.4 is 9.47 Å². The van der Waals surface area contributed by atoms with Crippen LogP contribution in [0, 0.1) is 0 Å². The third-order valence-corrected chi connectivity index (χ3v) is 15.1. The maximum atomic E-state index is 6.46. The molecule has 13 heterocycles. The molecule has 8 nitrogen and oxygen atoms in total. The van der Waals surface area contributed by atoms with E-state index in [1.54, 1.807) is 0 Å². The zero-order valence-corrected chi connectivity index (χ0v) is 44.0. The van der Waals surface area contributed by atoms with Gasteiger partial charge in [0.2, 0.25) is 0 Å². The van der Waals surface area contributed by atoms with Gasteiger partial charge in [-0.05, 0) is 37.1 Å². The van der Waals surface area contributed by atoms with E-state index in [1.807, 2.05) is 0 Å². The molecule has 380 valence electrons. The van der Waals surface area contributed by atoms with Crippen molar-refractivity contribution in [3.63, 3.8) is 0 Å². The molecule has 78 heavy (non-hydrogen) atoms. The molecule has 0 aliphatic rings. The van der Waals surface area contributed by atoms with Crippen molar-refractivity contribution in [2.24, 2.45) is 0 Å². The number of benzene rings is 6. The molecule has 19 rings (SSSR count). The van der Waals surface area contributed by atoms with Crippen LogP contribution in [0.25, 0.3) is 131 Å². The third-order valence-electron chi connectivity index (χ3n) is 15.1. The summed E-state index contributed by atoms with van der Waals surface area (Å²) >= 11 is 0. The van der Waals surface area contributed by atoms with Crippen molar-refractivity contribution >= 4 is 131 Å². The van der Waals surface area contributed by atoms with Crippen LogP contribution in [0.15, 0.2) is 194 Å². The fourth-order valence-corrected chi connectivity index (χ4v) is 10.6. The highest BCUT2D eigenvalue weighted by molar-refractivity contribution is 6.08. The Labute approximate surface area is 452 Å². The van der Waals surface area contributed by atoms with E-state index in [9.17, 15) is 0 Å². The van der Waals surface area contributed by atoms with Crippen molar-refractivity contribution in [2.75, 3.05) is 13.2 Å². The lowest BCUT2D eigenvalue weighted by Gasteiger charge is -2.08. The smallest absolute Gasteiger partial charge is 0.123 e. The monoisotopic (exact) mass is 1010 g/mol. The molecule has 0 aliphatic carbocycles. The second-order valence-electron chi connectivity index (χ2n) is 20.5. The zero-order chi connectivity index (χ0) is 52.4. The zero-order valence-electron chi connectivity index (χ0n) is 44.0. The molecule has 20 bridgehead atoms. The number of pyridine rings is 6. The van der Waals surface area contributed by atoms with Gasteiger partial charge < -0.3 is 9.47 Å². The quantitative estimate of drug-likeness (QED) is 0.0882. The summed E-state index contributed by atoms with van der Waals surface area (Å²) in [4.78, 5) is 31.7. The first kappa shape index (κ1) is 48.5. The average molecular weight is 1020 g/mol. The molecule has 13 aromatic heterocycles. The molecule has 0 amide bonds. The maximum Gasteiger partial charge on any atom is 0.123 e. The topological polar surface area (TPSA) is 95.8 Å². The van der Waals surface area contributed by atoms with Crippen molar-refractivity contribution in [3.05, 3.63) is 194 Å². The van der Waals surface area contributed by atoms with Crippen molar-refractivity contribution in [1.29, 1.82) is 0 Å². The number of hydrogen-bond donors (Lipinski definition) is 0. The molecule has 0 fully saturated rings. The summed E-state index contributed by atoms with van der Waals surface area (Å²) in [5, 5.41) is 12.1. The molecule has 8 heteroatoms. The van der Waals surface area contributed by atoms with E-state index in [0.717, 1.165) is 168 Å². The molecular formula is C70H58N6O2. The number of nitrogens with zero attached hydrogens (tertiary/aromatic N) is 6. The maximum absolute atomic E-state index is 6.46. The molecule has 0 saturated carbocycles. The van der Waals surface area contributed by atoms with Gasteiger partial charge in [0.15, 0.2) is 0 Å². The van der Waals surface area contributed by atoms with Crippen LogP contribution in [0.3, 0.4) is 0 Å². The number of ether oxygens (including phenoxy) is 2. The van der Waals surface area contributed by atoms with Crippen molar-refractivity contribution < 1.29 is 9.47 Å². The van der Waals surface area contributed by atoms with Gasteiger partial charge in [-0.3, -0.25) is 0 Å². The Morgan fingerprint density at radius 1 is 0.231 bits per heavy atom. The SMILES string of the molecule is CCCCCCOc1cc2nc(c1)c1ccc(cc1)c1ccc3ccc4ccc(nc4c3n1)c1ccc(cc1)c1cc(OCCCCCC)cc(n1)c1ccc(cc1)c1ccc3ccc4ccc(nc4c3n1)c1ccc2cc1. The van der Waals surface area contributed by atoms with Crippen LogP contribution in [0.2, 0.25) is 0 Å². The van der Waals surface area contributed by atoms with Crippen LogP contribution in [0.4, 0.5) is 0 Å². The van der Waals surface area contributed by atoms with Crippen LogP contribution >= 0.6 is 0 Å². The van der Waals surface area contributed by atoms with Crippen LogP contribution in [0.5, 0.6) is 11.5 Å². The van der Waals surface area contributed by atoms with Gasteiger partial charge in [-0.2, -0.15) is 0 Å². The van der Waals surface area contributed by atoms with Crippen molar-refractivity contribution in [1.82, 2.24) is 29.9 Å². The van der Waals surface area contributed by atoms with E-state index in [1.165, 1.54) is 25.7 Å². The second-order valence-corrected chi connectivity index (χ2v) is 20.5. The predicted molar refractivity (Wildman–Crippen MR) is 327 cm³/mol. The molecule has 19 aromatic rings. The fourth-order valence-electron chi connectivity index (χ4n) is 10.6. The van der Waals surface area contributed by atoms with Crippen molar-refractivity contribution in [2.45, 2.75) is 65.2 Å². The van der Waals surface area contributed by atoms with Gasteiger partial charge in [0.1, 0.15) is 11.5 Å². The first-order valence-electron chi connectivity index (χ1n) is 27.6. The molecule has 0 N–H and O–H groups in total. The number of rotatable bonds is 12. The van der Waals surface area contributed by atoms with E-state index in [-0.39, 0.29) is 0 Å². The van der Waals surface area contributed by atoms with Crippen LogP contribution in [-0.2, 0) is 0 Å². The molecule has 6 aromatic carbocycles. The molecule has 0 aliphatic heterocycles. The molecule has 0 unspecified atom stereocenters. The first-order valence-corrected chi connectivity index (χ1v) is 27.6. The first-order chi connectivity index (χ1) is 38.5. The molecule has 0 spiro atoms. The van der Waals surface area contributed by atoms with Gasteiger partial charge in [0.05, 0.1) is 79.4 Å². The summed E-state index contributed by atoms with van der Waals surface area (Å²) in [7, 11) is 0. The molecule has 0 saturated heterocycles. The summed E-state index contributed by atoms with van der Waals surface area (Å²) in [5.41, 5.74) is 10.3. The lowest BCUT2D eigenvalue weighted by molar-refractivity contribution is 0.305. The van der Waals surface area contributed by atoms with E-state index < -0.39 is 0 Å². The highest BCUT2D eigenvalue weighted by Gasteiger charge is 2.10. The van der Waals surface area contributed by atoms with E-state index in [4.69, 9.17) is 39.4 Å². The van der Waals surface area contributed by atoms with Crippen LogP contribution in [-0.4, -0.2) is 43.1 Å². The number of aromatic nitrogens is 6. The minimum Gasteiger partial charge on any atom is -0.493 e. The summed E-state index contributed by atoms with van der Waals surface area (Å²) in [5.74, 6) is 1.61. The standard InChI is InChI=1S/C70H58N6O2/c1-3-5-7-9-39-77-57-41-63-49-19-11-45(12-20-49)59-35-31-53-27-29-55-33-37-61(75-69(55)67(53)73-59)47-15-23-51(24-16-47)65-43-58(78-40-10-8-6-4-2)44-66(72-65)52-25-17-48(18-26-52)62-38-34-56-30-28-54-32-36-60(74-68(54)70(56)76-62)46-13-21-50(22-14-46)64(42-57)71-63/h11-38,41-44H,3-10,39-40H2,1-2H3.